The molecular weight excluding hydrogens is 123 g/mol. The van der Waals surface area contributed by atoms with Crippen LogP contribution in [0.25, 0.3) is 0 Å². The third kappa shape index (κ3) is 1.58. The molecule has 0 aliphatic rings. The molecule has 1 aromatic carbocycles. The second kappa shape index (κ2) is 3.06. The minimum absolute atomic E-state index is 0.496. The molecule has 0 nitrogen and oxygen atoms in total. The summed E-state index contributed by atoms with van der Waals surface area (Å²) in [6, 6.07) is 8.59. The van der Waals surface area contributed by atoms with Crippen LogP contribution in [0, 0.1) is 6.92 Å². The Hall–Kier alpha value is -0.248. The largest absolute Gasteiger partial charge is 0.247 e. The zero-order valence-corrected chi connectivity index (χ0v) is 7.04. The van der Waals surface area contributed by atoms with Crippen LogP contribution in [0.2, 0.25) is 5.79 Å². The van der Waals surface area contributed by atoms with E-state index in [1.165, 1.54) is 9.99 Å². The van der Waals surface area contributed by atoms with Gasteiger partial charge in [0.15, 0.2) is 0 Å². The molecule has 0 spiro atoms. The van der Waals surface area contributed by atoms with Crippen molar-refractivity contribution >= 4 is 19.6 Å². The molecule has 0 aliphatic carbocycles. The van der Waals surface area contributed by atoms with Crippen molar-refractivity contribution in [3.05, 3.63) is 29.8 Å². The predicted molar refractivity (Wildman–Crippen MR) is 42.4 cm³/mol. The Morgan fingerprint density at radius 3 is 2.33 bits per heavy atom. The topological polar surface area (TPSA) is 0 Å². The van der Waals surface area contributed by atoms with Gasteiger partial charge in [0.2, 0.25) is 15.2 Å². The summed E-state index contributed by atoms with van der Waals surface area (Å²) in [5.41, 5.74) is 1.44. The predicted octanol–water partition coefficient (Wildman–Crippen LogP) is 1.37. The zero-order chi connectivity index (χ0) is 6.69. The van der Waals surface area contributed by atoms with Gasteiger partial charge < -0.3 is 0 Å². The SMILES string of the molecule is [CH3][Al][c]1ccccc1C. The highest BCUT2D eigenvalue weighted by molar-refractivity contribution is 6.52. The molecule has 0 atom stereocenters. The smallest absolute Gasteiger partial charge is 0.121 e. The van der Waals surface area contributed by atoms with Gasteiger partial charge >= 0.3 is 0 Å². The number of hydrogen-bond acceptors (Lipinski definition) is 0. The van der Waals surface area contributed by atoms with Crippen LogP contribution in [-0.4, -0.2) is 15.2 Å². The van der Waals surface area contributed by atoms with Crippen molar-refractivity contribution in [1.29, 1.82) is 0 Å². The first-order valence-electron chi connectivity index (χ1n) is 3.19. The van der Waals surface area contributed by atoms with Gasteiger partial charge in [-0.25, -0.2) is 0 Å². The van der Waals surface area contributed by atoms with Crippen LogP contribution in [0.5, 0.6) is 0 Å². The van der Waals surface area contributed by atoms with Crippen molar-refractivity contribution in [3.8, 4) is 0 Å². The second-order valence-electron chi connectivity index (χ2n) is 2.15. The third-order valence-electron chi connectivity index (χ3n) is 1.50. The molecule has 45 valence electrons. The summed E-state index contributed by atoms with van der Waals surface area (Å²) in [7, 11) is 0. The normalized spacial score (nSPS) is 9.11. The molecule has 0 N–H and O–H groups in total. The van der Waals surface area contributed by atoms with Crippen molar-refractivity contribution in [2.45, 2.75) is 12.7 Å². The van der Waals surface area contributed by atoms with Crippen LogP contribution in [0.3, 0.4) is 0 Å². The molecule has 1 rings (SSSR count). The Bertz CT molecular complexity index is 194. The van der Waals surface area contributed by atoms with E-state index in [1.54, 1.807) is 0 Å². The monoisotopic (exact) mass is 133 g/mol. The zero-order valence-electron chi connectivity index (χ0n) is 5.89. The lowest BCUT2D eigenvalue weighted by Crippen LogP contribution is -2.12. The lowest BCUT2D eigenvalue weighted by atomic mass is 10.2. The van der Waals surface area contributed by atoms with E-state index < -0.39 is 0 Å². The van der Waals surface area contributed by atoms with E-state index in [2.05, 4.69) is 37.0 Å². The van der Waals surface area contributed by atoms with Gasteiger partial charge in [-0.15, -0.1) is 10.2 Å². The average molecular weight is 133 g/mol. The Morgan fingerprint density at radius 2 is 1.89 bits per heavy atom. The molecule has 0 unspecified atom stereocenters. The maximum absolute atomic E-state index is 2.27. The summed E-state index contributed by atoms with van der Waals surface area (Å²) in [4.78, 5) is 0. The van der Waals surface area contributed by atoms with Gasteiger partial charge in [-0.1, -0.05) is 29.8 Å². The van der Waals surface area contributed by atoms with Crippen molar-refractivity contribution in [1.82, 2.24) is 0 Å². The third-order valence-corrected chi connectivity index (χ3v) is 2.77. The van der Waals surface area contributed by atoms with E-state index in [1.807, 2.05) is 0 Å². The first-order chi connectivity index (χ1) is 4.34. The molecule has 1 aromatic rings. The Morgan fingerprint density at radius 1 is 1.22 bits per heavy atom. The lowest BCUT2D eigenvalue weighted by molar-refractivity contribution is 1.51. The van der Waals surface area contributed by atoms with E-state index in [9.17, 15) is 0 Å². The Labute approximate surface area is 62.6 Å². The summed E-state index contributed by atoms with van der Waals surface area (Å²) in [5.74, 6) is 2.27. The molecule has 0 bridgehead atoms. The fourth-order valence-corrected chi connectivity index (χ4v) is 1.77. The van der Waals surface area contributed by atoms with Crippen molar-refractivity contribution in [2.75, 3.05) is 0 Å². The van der Waals surface area contributed by atoms with Crippen molar-refractivity contribution < 1.29 is 0 Å². The summed E-state index contributed by atoms with van der Waals surface area (Å²) in [6.45, 7) is 2.17. The van der Waals surface area contributed by atoms with Crippen molar-refractivity contribution in [3.63, 3.8) is 0 Å². The molecular formula is C8H10Al. The Kier molecular flexibility index (Phi) is 2.33. The van der Waals surface area contributed by atoms with Crippen LogP contribution in [0.1, 0.15) is 5.56 Å². The maximum Gasteiger partial charge on any atom is 0.247 e. The first-order valence-corrected chi connectivity index (χ1v) is 4.93. The summed E-state index contributed by atoms with van der Waals surface area (Å²) in [6.07, 6.45) is 0. The number of benzene rings is 1. The molecule has 9 heavy (non-hydrogen) atoms. The molecule has 0 amide bonds. The summed E-state index contributed by atoms with van der Waals surface area (Å²) < 4.78 is 1.54. The van der Waals surface area contributed by atoms with Gasteiger partial charge in [0, 0.05) is 0 Å². The first kappa shape index (κ1) is 6.87. The van der Waals surface area contributed by atoms with Crippen LogP contribution in [0.4, 0.5) is 0 Å². The standard InChI is InChI=1S/C7H7.CH3.Al/c1-7-5-3-2-4-6-7;;/h2-5H,1H3;1H3;. The number of hydrogen-bond donors (Lipinski definition) is 0. The molecule has 0 saturated carbocycles. The molecule has 1 heteroatoms. The number of aryl methyl sites for hydroxylation is 1. The summed E-state index contributed by atoms with van der Waals surface area (Å²) in [5, 5.41) is 0. The van der Waals surface area contributed by atoms with Gasteiger partial charge in [-0.2, -0.15) is 0 Å². The van der Waals surface area contributed by atoms with E-state index in [0.29, 0.717) is 15.2 Å². The fraction of sp³-hybridized carbons (Fsp3) is 0.250. The molecule has 0 aliphatic heterocycles. The maximum atomic E-state index is 2.27. The van der Waals surface area contributed by atoms with Crippen LogP contribution >= 0.6 is 0 Å². The molecule has 0 saturated heterocycles. The van der Waals surface area contributed by atoms with Crippen LogP contribution in [-0.2, 0) is 0 Å². The van der Waals surface area contributed by atoms with Gasteiger partial charge in [-0.3, -0.25) is 0 Å². The highest BCUT2D eigenvalue weighted by Gasteiger charge is 1.91. The quantitative estimate of drug-likeness (QED) is 0.507. The number of rotatable bonds is 1. The van der Waals surface area contributed by atoms with E-state index in [0.717, 1.165) is 0 Å². The van der Waals surface area contributed by atoms with E-state index >= 15 is 0 Å². The second-order valence-corrected chi connectivity index (χ2v) is 3.34. The highest BCUT2D eigenvalue weighted by atomic mass is 27.1. The Balaban J connectivity index is 3.01. The summed E-state index contributed by atoms with van der Waals surface area (Å²) >= 11 is 0.496. The molecule has 0 fully saturated rings. The van der Waals surface area contributed by atoms with Gasteiger partial charge in [-0.05, 0) is 6.92 Å². The minimum Gasteiger partial charge on any atom is -0.121 e. The van der Waals surface area contributed by atoms with Gasteiger partial charge in [0.1, 0.15) is 0 Å². The van der Waals surface area contributed by atoms with E-state index in [4.69, 9.17) is 0 Å². The van der Waals surface area contributed by atoms with Crippen LogP contribution in [0.15, 0.2) is 24.3 Å². The van der Waals surface area contributed by atoms with Crippen LogP contribution < -0.4 is 4.43 Å². The highest BCUT2D eigenvalue weighted by Crippen LogP contribution is 1.90. The van der Waals surface area contributed by atoms with Gasteiger partial charge in [0.25, 0.3) is 0 Å². The minimum atomic E-state index is 0.496. The lowest BCUT2D eigenvalue weighted by Gasteiger charge is -1.98. The van der Waals surface area contributed by atoms with Crippen molar-refractivity contribution in [2.24, 2.45) is 0 Å². The van der Waals surface area contributed by atoms with E-state index in [-0.39, 0.29) is 0 Å². The molecule has 0 heterocycles. The fourth-order valence-electron chi connectivity index (χ4n) is 0.911. The van der Waals surface area contributed by atoms with Gasteiger partial charge in [0.05, 0.1) is 0 Å². The average Bonchev–Trinajstić information content (AvgIpc) is 1.89. The molecule has 0 aromatic heterocycles. The molecule has 1 radical (unpaired) electrons.